The molecule has 0 aliphatic carbocycles. The minimum absolute atomic E-state index is 0.0602. The molecule has 148 valence electrons. The van der Waals surface area contributed by atoms with Crippen LogP contribution in [-0.2, 0) is 9.53 Å². The van der Waals surface area contributed by atoms with Gasteiger partial charge in [-0.3, -0.25) is 14.9 Å². The number of piperidine rings is 1. The van der Waals surface area contributed by atoms with Crippen LogP contribution >= 0.6 is 0 Å². The summed E-state index contributed by atoms with van der Waals surface area (Å²) < 4.78 is 5.01. The van der Waals surface area contributed by atoms with Gasteiger partial charge in [0.15, 0.2) is 6.61 Å². The zero-order chi connectivity index (χ0) is 20.0. The zero-order valence-corrected chi connectivity index (χ0v) is 16.1. The summed E-state index contributed by atoms with van der Waals surface area (Å²) in [5.41, 5.74) is 0.0601. The second kappa shape index (κ2) is 8.83. The predicted octanol–water partition coefficient (Wildman–Crippen LogP) is 3.05. The van der Waals surface area contributed by atoms with Crippen LogP contribution < -0.4 is 10.2 Å². The van der Waals surface area contributed by atoms with Crippen LogP contribution in [0, 0.1) is 10.1 Å². The van der Waals surface area contributed by atoms with E-state index in [1.165, 1.54) is 12.1 Å². The number of nitrogens with zero attached hydrogens (tertiary/aromatic N) is 2. The van der Waals surface area contributed by atoms with Crippen molar-refractivity contribution in [2.24, 2.45) is 0 Å². The number of carbonyl (C=O) groups excluding carboxylic acids is 2. The van der Waals surface area contributed by atoms with Gasteiger partial charge in [0.1, 0.15) is 5.69 Å². The Morgan fingerprint density at radius 2 is 1.93 bits per heavy atom. The summed E-state index contributed by atoms with van der Waals surface area (Å²) in [5, 5.41) is 14.2. The molecule has 27 heavy (non-hydrogen) atoms. The second-order valence-corrected chi connectivity index (χ2v) is 7.37. The highest BCUT2D eigenvalue weighted by Crippen LogP contribution is 2.31. The van der Waals surface area contributed by atoms with E-state index in [1.54, 1.807) is 6.07 Å². The van der Waals surface area contributed by atoms with Crippen molar-refractivity contribution >= 4 is 23.3 Å². The quantitative estimate of drug-likeness (QED) is 0.445. The molecular weight excluding hydrogens is 350 g/mol. The molecule has 1 N–H and O–H groups in total. The van der Waals surface area contributed by atoms with Crippen molar-refractivity contribution < 1.29 is 19.2 Å². The number of nitro benzene ring substituents is 1. The Morgan fingerprint density at radius 1 is 1.26 bits per heavy atom. The van der Waals surface area contributed by atoms with E-state index in [2.05, 4.69) is 5.32 Å². The molecule has 8 nitrogen and oxygen atoms in total. The zero-order valence-electron chi connectivity index (χ0n) is 16.1. The Labute approximate surface area is 159 Å². The van der Waals surface area contributed by atoms with E-state index in [0.29, 0.717) is 5.69 Å². The highest BCUT2D eigenvalue weighted by molar-refractivity contribution is 5.93. The number of hydrogen-bond acceptors (Lipinski definition) is 6. The van der Waals surface area contributed by atoms with E-state index in [-0.39, 0.29) is 11.3 Å². The van der Waals surface area contributed by atoms with Crippen molar-refractivity contribution in [2.75, 3.05) is 24.6 Å². The molecule has 1 aliphatic rings. The third-order valence-electron chi connectivity index (χ3n) is 4.80. The van der Waals surface area contributed by atoms with E-state index < -0.39 is 28.9 Å². The summed E-state index contributed by atoms with van der Waals surface area (Å²) in [6.45, 7) is 6.78. The lowest BCUT2D eigenvalue weighted by atomic mass is 10.0. The first kappa shape index (κ1) is 20.7. The maximum absolute atomic E-state index is 12.2. The maximum Gasteiger partial charge on any atom is 0.338 e. The van der Waals surface area contributed by atoms with Gasteiger partial charge >= 0.3 is 5.97 Å². The Kier molecular flexibility index (Phi) is 6.76. The van der Waals surface area contributed by atoms with E-state index in [9.17, 15) is 19.7 Å². The Balaban J connectivity index is 2.07. The van der Waals surface area contributed by atoms with Crippen LogP contribution in [0.25, 0.3) is 0 Å². The molecule has 1 saturated heterocycles. The molecule has 0 spiro atoms. The number of esters is 1. The van der Waals surface area contributed by atoms with Crippen LogP contribution in [0.2, 0.25) is 0 Å². The van der Waals surface area contributed by atoms with Crippen molar-refractivity contribution in [1.29, 1.82) is 0 Å². The van der Waals surface area contributed by atoms with Crippen LogP contribution in [0.1, 0.15) is 56.8 Å². The Bertz CT molecular complexity index is 711. The molecule has 2 rings (SSSR count). The highest BCUT2D eigenvalue weighted by atomic mass is 16.6. The lowest BCUT2D eigenvalue weighted by Gasteiger charge is -2.28. The first-order chi connectivity index (χ1) is 12.7. The van der Waals surface area contributed by atoms with Gasteiger partial charge in [-0.1, -0.05) is 6.92 Å². The van der Waals surface area contributed by atoms with Gasteiger partial charge in [0.2, 0.25) is 0 Å². The van der Waals surface area contributed by atoms with E-state index in [0.717, 1.165) is 38.8 Å². The third-order valence-corrected chi connectivity index (χ3v) is 4.80. The molecule has 0 radical (unpaired) electrons. The summed E-state index contributed by atoms with van der Waals surface area (Å²) in [7, 11) is 0. The van der Waals surface area contributed by atoms with Crippen LogP contribution in [0.5, 0.6) is 0 Å². The number of anilines is 1. The molecule has 1 aromatic rings. The molecule has 1 heterocycles. The number of nitrogens with one attached hydrogen (secondary N) is 1. The van der Waals surface area contributed by atoms with Gasteiger partial charge < -0.3 is 15.0 Å². The fraction of sp³-hybridized carbons (Fsp3) is 0.579. The normalized spacial score (nSPS) is 14.6. The minimum Gasteiger partial charge on any atom is -0.452 e. The summed E-state index contributed by atoms with van der Waals surface area (Å²) >= 11 is 0. The molecule has 0 unspecified atom stereocenters. The van der Waals surface area contributed by atoms with Gasteiger partial charge in [0.25, 0.3) is 11.6 Å². The lowest BCUT2D eigenvalue weighted by molar-refractivity contribution is -0.384. The van der Waals surface area contributed by atoms with Crippen molar-refractivity contribution in [2.45, 2.75) is 52.0 Å². The molecule has 8 heteroatoms. The van der Waals surface area contributed by atoms with Crippen molar-refractivity contribution in [1.82, 2.24) is 5.32 Å². The Morgan fingerprint density at radius 3 is 2.52 bits per heavy atom. The summed E-state index contributed by atoms with van der Waals surface area (Å²) in [6.07, 6.45) is 3.83. The standard InChI is InChI=1S/C19H27N3O5/c1-4-19(2,3)20-17(23)13-27-18(24)14-8-9-15(16(12-14)22(25)26)21-10-6-5-7-11-21/h8-9,12H,4-7,10-11,13H2,1-3H3,(H,20,23). The van der Waals surface area contributed by atoms with Gasteiger partial charge in [-0.25, -0.2) is 4.79 Å². The third kappa shape index (κ3) is 5.67. The summed E-state index contributed by atoms with van der Waals surface area (Å²) in [5.74, 6) is -1.16. The number of carbonyl (C=O) groups is 2. The molecule has 1 amide bonds. The number of rotatable bonds is 7. The maximum atomic E-state index is 12.2. The van der Waals surface area contributed by atoms with Crippen LogP contribution in [0.3, 0.4) is 0 Å². The van der Waals surface area contributed by atoms with Crippen molar-refractivity contribution in [3.63, 3.8) is 0 Å². The minimum atomic E-state index is -0.757. The molecule has 0 atom stereocenters. The first-order valence-corrected chi connectivity index (χ1v) is 9.25. The molecule has 1 fully saturated rings. The monoisotopic (exact) mass is 377 g/mol. The van der Waals surface area contributed by atoms with Crippen molar-refractivity contribution in [3.05, 3.63) is 33.9 Å². The number of hydrogen-bond donors (Lipinski definition) is 1. The van der Waals surface area contributed by atoms with E-state index in [4.69, 9.17) is 4.74 Å². The lowest BCUT2D eigenvalue weighted by Crippen LogP contribution is -2.44. The van der Waals surface area contributed by atoms with E-state index in [1.807, 2.05) is 25.7 Å². The van der Waals surface area contributed by atoms with Gasteiger partial charge in [-0.2, -0.15) is 0 Å². The molecule has 1 aliphatic heterocycles. The molecule has 0 aromatic heterocycles. The molecule has 0 saturated carbocycles. The first-order valence-electron chi connectivity index (χ1n) is 9.25. The number of nitro groups is 1. The fourth-order valence-corrected chi connectivity index (χ4v) is 2.92. The average molecular weight is 377 g/mol. The van der Waals surface area contributed by atoms with Crippen LogP contribution in [-0.4, -0.2) is 42.0 Å². The molecule has 1 aromatic carbocycles. The van der Waals surface area contributed by atoms with Gasteiger partial charge in [0, 0.05) is 24.7 Å². The topological polar surface area (TPSA) is 102 Å². The fourth-order valence-electron chi connectivity index (χ4n) is 2.92. The molecule has 0 bridgehead atoms. The number of benzene rings is 1. The SMILES string of the molecule is CCC(C)(C)NC(=O)COC(=O)c1ccc(N2CCCCC2)c([N+](=O)[O-])c1. The summed E-state index contributed by atoms with van der Waals surface area (Å²) in [4.78, 5) is 37.0. The van der Waals surface area contributed by atoms with Gasteiger partial charge in [-0.15, -0.1) is 0 Å². The highest BCUT2D eigenvalue weighted by Gasteiger charge is 2.24. The van der Waals surface area contributed by atoms with Gasteiger partial charge in [-0.05, 0) is 51.7 Å². The summed E-state index contributed by atoms with van der Waals surface area (Å²) in [6, 6.07) is 4.31. The van der Waals surface area contributed by atoms with Gasteiger partial charge in [0.05, 0.1) is 10.5 Å². The number of amides is 1. The number of ether oxygens (including phenoxy) is 1. The van der Waals surface area contributed by atoms with Crippen molar-refractivity contribution in [3.8, 4) is 0 Å². The molecular formula is C19H27N3O5. The van der Waals surface area contributed by atoms with E-state index >= 15 is 0 Å². The van der Waals surface area contributed by atoms with Crippen LogP contribution in [0.15, 0.2) is 18.2 Å². The second-order valence-electron chi connectivity index (χ2n) is 7.37. The largest absolute Gasteiger partial charge is 0.452 e. The smallest absolute Gasteiger partial charge is 0.338 e. The average Bonchev–Trinajstić information content (AvgIpc) is 2.66. The van der Waals surface area contributed by atoms with Crippen LogP contribution in [0.4, 0.5) is 11.4 Å². The Hall–Kier alpha value is -2.64. The predicted molar refractivity (Wildman–Crippen MR) is 102 cm³/mol.